The van der Waals surface area contributed by atoms with Crippen LogP contribution < -0.4 is 26.8 Å². The minimum Gasteiger partial charge on any atom is -0.373 e. The number of benzene rings is 2. The van der Waals surface area contributed by atoms with Crippen LogP contribution in [0.5, 0.6) is 0 Å². The molecule has 0 radical (unpaired) electrons. The SMILES string of the molecule is C[C@@H](Nc1c(Nc2ccnc(Nc3ccccc3)c2)c(=O)c1=O)c1ccccc1. The predicted octanol–water partition coefficient (Wildman–Crippen LogP) is 4.34. The van der Waals surface area contributed by atoms with Crippen LogP contribution in [0.2, 0.25) is 0 Å². The number of hydrogen-bond acceptors (Lipinski definition) is 6. The molecule has 0 amide bonds. The smallest absolute Gasteiger partial charge is 0.253 e. The Hall–Kier alpha value is -3.93. The van der Waals surface area contributed by atoms with Crippen LogP contribution in [0.25, 0.3) is 0 Å². The molecular formula is C23H20N4O2. The molecule has 0 aliphatic carbocycles. The summed E-state index contributed by atoms with van der Waals surface area (Å²) in [6.07, 6.45) is 1.64. The van der Waals surface area contributed by atoms with E-state index >= 15 is 0 Å². The van der Waals surface area contributed by atoms with Gasteiger partial charge >= 0.3 is 0 Å². The van der Waals surface area contributed by atoms with Crippen molar-refractivity contribution in [3.8, 4) is 0 Å². The monoisotopic (exact) mass is 384 g/mol. The Morgan fingerprint density at radius 3 is 2.14 bits per heavy atom. The Morgan fingerprint density at radius 1 is 0.759 bits per heavy atom. The molecule has 0 spiro atoms. The number of aromatic nitrogens is 1. The first-order valence-corrected chi connectivity index (χ1v) is 9.32. The molecule has 0 saturated heterocycles. The summed E-state index contributed by atoms with van der Waals surface area (Å²) in [6, 6.07) is 22.9. The fourth-order valence-corrected chi connectivity index (χ4v) is 3.08. The number of nitrogens with one attached hydrogen (secondary N) is 3. The van der Waals surface area contributed by atoms with Crippen molar-refractivity contribution in [2.24, 2.45) is 0 Å². The van der Waals surface area contributed by atoms with Crippen molar-refractivity contribution >= 4 is 28.6 Å². The van der Waals surface area contributed by atoms with Crippen molar-refractivity contribution in [1.82, 2.24) is 4.98 Å². The summed E-state index contributed by atoms with van der Waals surface area (Å²) in [5.41, 5.74) is 2.15. The largest absolute Gasteiger partial charge is 0.373 e. The fourth-order valence-electron chi connectivity index (χ4n) is 3.08. The molecule has 144 valence electrons. The lowest BCUT2D eigenvalue weighted by atomic mass is 10.1. The van der Waals surface area contributed by atoms with E-state index in [1.807, 2.05) is 67.6 Å². The second kappa shape index (κ2) is 7.98. The zero-order valence-corrected chi connectivity index (χ0v) is 15.8. The van der Waals surface area contributed by atoms with Gasteiger partial charge in [0.1, 0.15) is 17.2 Å². The molecule has 6 nitrogen and oxygen atoms in total. The highest BCUT2D eigenvalue weighted by Crippen LogP contribution is 2.26. The van der Waals surface area contributed by atoms with E-state index in [-0.39, 0.29) is 11.7 Å². The van der Waals surface area contributed by atoms with Crippen molar-refractivity contribution in [1.29, 1.82) is 0 Å². The van der Waals surface area contributed by atoms with Crippen LogP contribution in [0.15, 0.2) is 88.6 Å². The van der Waals surface area contributed by atoms with Crippen molar-refractivity contribution in [3.63, 3.8) is 0 Å². The summed E-state index contributed by atoms with van der Waals surface area (Å²) in [6.45, 7) is 1.95. The van der Waals surface area contributed by atoms with Crippen LogP contribution >= 0.6 is 0 Å². The highest BCUT2D eigenvalue weighted by molar-refractivity contribution is 5.79. The third-order valence-corrected chi connectivity index (χ3v) is 4.65. The third-order valence-electron chi connectivity index (χ3n) is 4.65. The van der Waals surface area contributed by atoms with Crippen LogP contribution in [-0.4, -0.2) is 4.98 Å². The average molecular weight is 384 g/mol. The number of rotatable bonds is 7. The van der Waals surface area contributed by atoms with E-state index in [0.717, 1.165) is 11.3 Å². The van der Waals surface area contributed by atoms with Gasteiger partial charge in [-0.15, -0.1) is 0 Å². The molecule has 0 bridgehead atoms. The van der Waals surface area contributed by atoms with E-state index < -0.39 is 10.9 Å². The second-order valence-corrected chi connectivity index (χ2v) is 6.73. The summed E-state index contributed by atoms with van der Waals surface area (Å²) in [5.74, 6) is 0.632. The molecule has 0 aliphatic heterocycles. The fraction of sp³-hybridized carbons (Fsp3) is 0.0870. The van der Waals surface area contributed by atoms with Gasteiger partial charge < -0.3 is 16.0 Å². The van der Waals surface area contributed by atoms with Gasteiger partial charge in [0.15, 0.2) is 0 Å². The summed E-state index contributed by atoms with van der Waals surface area (Å²) in [4.78, 5) is 28.5. The number of anilines is 5. The molecule has 4 aromatic rings. The lowest BCUT2D eigenvalue weighted by Crippen LogP contribution is -2.37. The molecule has 1 heterocycles. The van der Waals surface area contributed by atoms with Gasteiger partial charge in [-0.2, -0.15) is 0 Å². The van der Waals surface area contributed by atoms with Crippen LogP contribution in [-0.2, 0) is 0 Å². The lowest BCUT2D eigenvalue weighted by Gasteiger charge is -2.20. The second-order valence-electron chi connectivity index (χ2n) is 6.73. The van der Waals surface area contributed by atoms with Gasteiger partial charge in [0.25, 0.3) is 10.9 Å². The Labute approximate surface area is 168 Å². The molecule has 0 saturated carbocycles. The van der Waals surface area contributed by atoms with Gasteiger partial charge in [-0.1, -0.05) is 48.5 Å². The number of pyridine rings is 1. The summed E-state index contributed by atoms with van der Waals surface area (Å²) >= 11 is 0. The van der Waals surface area contributed by atoms with E-state index in [1.165, 1.54) is 0 Å². The van der Waals surface area contributed by atoms with Gasteiger partial charge in [0.05, 0.1) is 0 Å². The van der Waals surface area contributed by atoms with E-state index in [4.69, 9.17) is 0 Å². The Kier molecular flexibility index (Phi) is 5.07. The molecule has 1 atom stereocenters. The lowest BCUT2D eigenvalue weighted by molar-refractivity contribution is 0.880. The number of hydrogen-bond donors (Lipinski definition) is 3. The van der Waals surface area contributed by atoms with Gasteiger partial charge in [-0.25, -0.2) is 4.98 Å². The molecule has 3 N–H and O–H groups in total. The molecule has 1 aromatic heterocycles. The van der Waals surface area contributed by atoms with Crippen molar-refractivity contribution in [2.45, 2.75) is 13.0 Å². The third kappa shape index (κ3) is 4.01. The quantitative estimate of drug-likeness (QED) is 0.411. The van der Waals surface area contributed by atoms with Crippen molar-refractivity contribution in [2.75, 3.05) is 16.0 Å². The zero-order chi connectivity index (χ0) is 20.2. The molecule has 0 unspecified atom stereocenters. The van der Waals surface area contributed by atoms with E-state index in [1.54, 1.807) is 18.3 Å². The molecule has 6 heteroatoms. The highest BCUT2D eigenvalue weighted by atomic mass is 16.2. The standard InChI is InChI=1S/C23H20N4O2/c1-15(16-8-4-2-5-9-16)25-20-21(23(29)22(20)28)27-18-12-13-24-19(14-18)26-17-10-6-3-7-11-17/h2-15,25H,1H3,(H2,24,26,27)/t15-/m1/s1. The van der Waals surface area contributed by atoms with Crippen LogP contribution in [0.4, 0.5) is 28.6 Å². The molecule has 4 rings (SSSR count). The average Bonchev–Trinajstić information content (AvgIpc) is 2.77. The minimum absolute atomic E-state index is 0.104. The van der Waals surface area contributed by atoms with Crippen LogP contribution in [0.3, 0.4) is 0 Å². The molecule has 0 aliphatic rings. The first-order valence-electron chi connectivity index (χ1n) is 9.32. The molecule has 0 fully saturated rings. The van der Waals surface area contributed by atoms with Crippen molar-refractivity contribution < 1.29 is 0 Å². The first-order chi connectivity index (χ1) is 14.1. The zero-order valence-electron chi connectivity index (χ0n) is 15.8. The highest BCUT2D eigenvalue weighted by Gasteiger charge is 2.22. The molecule has 3 aromatic carbocycles. The maximum Gasteiger partial charge on any atom is 0.253 e. The van der Waals surface area contributed by atoms with E-state index in [9.17, 15) is 9.59 Å². The van der Waals surface area contributed by atoms with E-state index in [0.29, 0.717) is 17.2 Å². The number of para-hydroxylation sites is 1. The summed E-state index contributed by atoms with van der Waals surface area (Å²) in [7, 11) is 0. The Morgan fingerprint density at radius 2 is 1.41 bits per heavy atom. The normalized spacial score (nSPS) is 11.8. The van der Waals surface area contributed by atoms with Gasteiger partial charge in [-0.05, 0) is 30.7 Å². The van der Waals surface area contributed by atoms with Crippen LogP contribution in [0.1, 0.15) is 18.5 Å². The van der Waals surface area contributed by atoms with Gasteiger partial charge in [0, 0.05) is 29.7 Å². The number of nitrogens with zero attached hydrogens (tertiary/aromatic N) is 1. The topological polar surface area (TPSA) is 83.1 Å². The first kappa shape index (κ1) is 18.4. The maximum atomic E-state index is 12.1. The predicted molar refractivity (Wildman–Crippen MR) is 117 cm³/mol. The van der Waals surface area contributed by atoms with E-state index in [2.05, 4.69) is 20.9 Å². The van der Waals surface area contributed by atoms with Gasteiger partial charge in [-0.3, -0.25) is 9.59 Å². The van der Waals surface area contributed by atoms with Crippen LogP contribution in [0, 0.1) is 0 Å². The van der Waals surface area contributed by atoms with Gasteiger partial charge in [0.2, 0.25) is 0 Å². The maximum absolute atomic E-state index is 12.1. The minimum atomic E-state index is -0.526. The molecule has 29 heavy (non-hydrogen) atoms. The Bertz CT molecular complexity index is 1180. The summed E-state index contributed by atoms with van der Waals surface area (Å²) in [5, 5.41) is 9.42. The van der Waals surface area contributed by atoms with Crippen molar-refractivity contribution in [3.05, 3.63) is 105 Å². The summed E-state index contributed by atoms with van der Waals surface area (Å²) < 4.78 is 0. The molecular weight excluding hydrogens is 364 g/mol. The Balaban J connectivity index is 1.52.